The van der Waals surface area contributed by atoms with Gasteiger partial charge in [0.25, 0.3) is 0 Å². The van der Waals surface area contributed by atoms with Gasteiger partial charge in [-0.3, -0.25) is 9.80 Å². The van der Waals surface area contributed by atoms with Gasteiger partial charge in [0.1, 0.15) is 0 Å². The number of anilines is 1. The van der Waals surface area contributed by atoms with Crippen molar-refractivity contribution in [2.75, 3.05) is 51.8 Å². The van der Waals surface area contributed by atoms with Gasteiger partial charge >= 0.3 is 0 Å². The maximum absolute atomic E-state index is 9.35. The average molecular weight is 327 g/mol. The Bertz CT molecular complexity index is 449. The molecule has 0 saturated carbocycles. The second-order valence-electron chi connectivity index (χ2n) is 6.79. The van der Waals surface area contributed by atoms with Crippen molar-refractivity contribution < 1.29 is 5.11 Å². The van der Waals surface area contributed by atoms with Gasteiger partial charge in [0.2, 0.25) is 0 Å². The predicted molar refractivity (Wildman–Crippen MR) is 93.6 cm³/mol. The van der Waals surface area contributed by atoms with Gasteiger partial charge < -0.3 is 10.0 Å². The minimum atomic E-state index is 0.276. The first kappa shape index (κ1) is 17.7. The van der Waals surface area contributed by atoms with Crippen molar-refractivity contribution in [1.82, 2.24) is 14.8 Å². The molecule has 1 N–H and O–H groups in total. The Morgan fingerprint density at radius 3 is 2.77 bits per heavy atom. The molecule has 0 spiro atoms. The number of rotatable bonds is 7. The lowest BCUT2D eigenvalue weighted by molar-refractivity contribution is 0.0481. The lowest BCUT2D eigenvalue weighted by atomic mass is 10.1. The number of nitrogens with zero attached hydrogens (tertiary/aromatic N) is 4. The van der Waals surface area contributed by atoms with Gasteiger partial charge in [-0.25, -0.2) is 4.98 Å². The van der Waals surface area contributed by atoms with Crippen molar-refractivity contribution in [2.45, 2.75) is 32.9 Å². The van der Waals surface area contributed by atoms with E-state index in [2.05, 4.69) is 33.5 Å². The maximum Gasteiger partial charge on any atom is 0.185 e. The molecule has 1 atom stereocenters. The topological polar surface area (TPSA) is 42.8 Å². The molecule has 1 aromatic rings. The van der Waals surface area contributed by atoms with Gasteiger partial charge in [0.15, 0.2) is 5.13 Å². The first-order valence-electron chi connectivity index (χ1n) is 8.19. The van der Waals surface area contributed by atoms with Crippen molar-refractivity contribution >= 4 is 16.5 Å². The van der Waals surface area contributed by atoms with Crippen LogP contribution in [0.5, 0.6) is 0 Å². The van der Waals surface area contributed by atoms with Crippen molar-refractivity contribution in [3.8, 4) is 0 Å². The van der Waals surface area contributed by atoms with E-state index in [1.807, 2.05) is 20.3 Å². The van der Waals surface area contributed by atoms with Crippen LogP contribution < -0.4 is 4.90 Å². The highest BCUT2D eigenvalue weighted by Gasteiger charge is 2.27. The lowest BCUT2D eigenvalue weighted by Gasteiger charge is -2.42. The third-order valence-corrected chi connectivity index (χ3v) is 5.20. The van der Waals surface area contributed by atoms with Gasteiger partial charge in [-0.05, 0) is 12.3 Å². The Kier molecular flexibility index (Phi) is 6.62. The van der Waals surface area contributed by atoms with E-state index in [4.69, 9.17) is 0 Å². The number of hydrogen-bond acceptors (Lipinski definition) is 6. The number of thiazole rings is 1. The molecule has 1 saturated heterocycles. The summed E-state index contributed by atoms with van der Waals surface area (Å²) < 4.78 is 0. The Hall–Kier alpha value is -0.690. The SMILES string of the molecule is CC(C)CN1CCN(Cc2cnc(N(C)C)s2)C[C@@H]1CCO. The van der Waals surface area contributed by atoms with Crippen molar-refractivity contribution in [3.05, 3.63) is 11.1 Å². The van der Waals surface area contributed by atoms with Crippen LogP contribution in [0.1, 0.15) is 25.1 Å². The molecule has 126 valence electrons. The summed E-state index contributed by atoms with van der Waals surface area (Å²) in [5, 5.41) is 10.4. The monoisotopic (exact) mass is 326 g/mol. The summed E-state index contributed by atoms with van der Waals surface area (Å²) in [5.41, 5.74) is 0. The van der Waals surface area contributed by atoms with Gasteiger partial charge in [-0.15, -0.1) is 11.3 Å². The van der Waals surface area contributed by atoms with Crippen molar-refractivity contribution in [3.63, 3.8) is 0 Å². The molecular weight excluding hydrogens is 296 g/mol. The summed E-state index contributed by atoms with van der Waals surface area (Å²) in [6.07, 6.45) is 2.87. The van der Waals surface area contributed by atoms with Crippen LogP contribution in [-0.4, -0.2) is 72.8 Å². The number of hydrogen-bond donors (Lipinski definition) is 1. The molecule has 6 heteroatoms. The number of aliphatic hydroxyl groups is 1. The highest BCUT2D eigenvalue weighted by molar-refractivity contribution is 7.15. The molecule has 1 aliphatic rings. The lowest BCUT2D eigenvalue weighted by Crippen LogP contribution is -2.53. The number of aromatic nitrogens is 1. The summed E-state index contributed by atoms with van der Waals surface area (Å²) >= 11 is 1.77. The van der Waals surface area contributed by atoms with E-state index in [0.717, 1.165) is 44.3 Å². The van der Waals surface area contributed by atoms with Crippen LogP contribution in [-0.2, 0) is 6.54 Å². The fourth-order valence-electron chi connectivity index (χ4n) is 3.03. The molecule has 2 heterocycles. The Labute approximate surface area is 138 Å². The summed E-state index contributed by atoms with van der Waals surface area (Å²) in [6, 6.07) is 0.474. The van der Waals surface area contributed by atoms with Crippen LogP contribution in [0.2, 0.25) is 0 Å². The molecule has 0 radical (unpaired) electrons. The van der Waals surface area contributed by atoms with Crippen LogP contribution in [0, 0.1) is 5.92 Å². The van der Waals surface area contributed by atoms with Crippen LogP contribution in [0.4, 0.5) is 5.13 Å². The molecule has 1 fully saturated rings. The van der Waals surface area contributed by atoms with Gasteiger partial charge in [-0.1, -0.05) is 13.8 Å². The summed E-state index contributed by atoms with van der Waals surface area (Å²) in [5.74, 6) is 0.678. The summed E-state index contributed by atoms with van der Waals surface area (Å²) in [4.78, 5) is 12.9. The first-order valence-corrected chi connectivity index (χ1v) is 9.00. The van der Waals surface area contributed by atoms with Crippen molar-refractivity contribution in [2.24, 2.45) is 5.92 Å². The molecule has 5 nitrogen and oxygen atoms in total. The van der Waals surface area contributed by atoms with E-state index >= 15 is 0 Å². The van der Waals surface area contributed by atoms with Crippen LogP contribution in [0.15, 0.2) is 6.20 Å². The van der Waals surface area contributed by atoms with Gasteiger partial charge in [-0.2, -0.15) is 0 Å². The first-order chi connectivity index (χ1) is 10.5. The molecule has 0 aromatic carbocycles. The fraction of sp³-hybridized carbons (Fsp3) is 0.812. The van der Waals surface area contributed by atoms with E-state index in [0.29, 0.717) is 12.0 Å². The van der Waals surface area contributed by atoms with E-state index in [1.54, 1.807) is 11.3 Å². The quantitative estimate of drug-likeness (QED) is 0.827. The molecule has 2 rings (SSSR count). The highest BCUT2D eigenvalue weighted by atomic mass is 32.1. The van der Waals surface area contributed by atoms with E-state index in [9.17, 15) is 5.11 Å². The smallest absolute Gasteiger partial charge is 0.185 e. The fourth-order valence-corrected chi connectivity index (χ4v) is 3.91. The molecular formula is C16H30N4OS. The molecule has 22 heavy (non-hydrogen) atoms. The second-order valence-corrected chi connectivity index (χ2v) is 7.89. The number of aliphatic hydroxyl groups excluding tert-OH is 1. The number of piperazine rings is 1. The minimum Gasteiger partial charge on any atom is -0.396 e. The van der Waals surface area contributed by atoms with E-state index in [1.165, 1.54) is 4.88 Å². The Morgan fingerprint density at radius 2 is 2.18 bits per heavy atom. The molecule has 0 unspecified atom stereocenters. The van der Waals surface area contributed by atoms with Crippen LogP contribution >= 0.6 is 11.3 Å². The standard InChI is InChI=1S/C16H30N4OS/c1-13(2)10-20-7-6-19(11-14(20)5-8-21)12-15-9-17-16(22-15)18(3)4/h9,13-14,21H,5-8,10-12H2,1-4H3/t14-/m0/s1. The third-order valence-electron chi connectivity index (χ3n) is 4.05. The summed E-state index contributed by atoms with van der Waals surface area (Å²) in [7, 11) is 4.06. The largest absolute Gasteiger partial charge is 0.396 e. The summed E-state index contributed by atoms with van der Waals surface area (Å²) in [6.45, 7) is 10.2. The van der Waals surface area contributed by atoms with E-state index in [-0.39, 0.29) is 6.61 Å². The molecule has 1 aliphatic heterocycles. The van der Waals surface area contributed by atoms with Crippen LogP contribution in [0.3, 0.4) is 0 Å². The Balaban J connectivity index is 1.92. The molecule has 1 aromatic heterocycles. The zero-order chi connectivity index (χ0) is 16.1. The highest BCUT2D eigenvalue weighted by Crippen LogP contribution is 2.23. The van der Waals surface area contributed by atoms with Gasteiger partial charge in [0, 0.05) is 70.5 Å². The molecule has 0 aliphatic carbocycles. The second kappa shape index (κ2) is 8.24. The molecule has 0 bridgehead atoms. The van der Waals surface area contributed by atoms with E-state index < -0.39 is 0 Å². The van der Waals surface area contributed by atoms with Crippen LogP contribution in [0.25, 0.3) is 0 Å². The van der Waals surface area contributed by atoms with Crippen molar-refractivity contribution in [1.29, 1.82) is 0 Å². The van der Waals surface area contributed by atoms with Gasteiger partial charge in [0.05, 0.1) is 0 Å². The average Bonchev–Trinajstić information content (AvgIpc) is 2.90. The normalized spacial score (nSPS) is 20.7. The minimum absolute atomic E-state index is 0.276. The zero-order valence-corrected chi connectivity index (χ0v) is 15.1. The molecule has 0 amide bonds. The predicted octanol–water partition coefficient (Wildman–Crippen LogP) is 1.73. The zero-order valence-electron chi connectivity index (χ0n) is 14.3. The Morgan fingerprint density at radius 1 is 1.41 bits per heavy atom. The third kappa shape index (κ3) is 4.91. The maximum atomic E-state index is 9.35.